The molecule has 3 unspecified atom stereocenters. The van der Waals surface area contributed by atoms with Gasteiger partial charge in [-0.2, -0.15) is 8.42 Å². The van der Waals surface area contributed by atoms with Crippen molar-refractivity contribution in [2.75, 3.05) is 0 Å². The van der Waals surface area contributed by atoms with Gasteiger partial charge in [0.05, 0.1) is 0 Å². The van der Waals surface area contributed by atoms with Crippen LogP contribution in [0.5, 0.6) is 0 Å². The fraction of sp³-hybridized carbons (Fsp3) is 1.00. The monoisotopic (exact) mass is 327 g/mol. The van der Waals surface area contributed by atoms with E-state index in [2.05, 4.69) is 5.32 Å². The average Bonchev–Trinajstić information content (AvgIpc) is 2.64. The fourth-order valence-electron chi connectivity index (χ4n) is 3.57. The lowest BCUT2D eigenvalue weighted by molar-refractivity contribution is 0.341. The summed E-state index contributed by atoms with van der Waals surface area (Å²) < 4.78 is 42.5. The summed E-state index contributed by atoms with van der Waals surface area (Å²) >= 11 is 0. The SMILES string of the molecule is O=P(O)(O)C(NC1CCC2CCCC2CC1)S(=O)(=O)O. The minimum Gasteiger partial charge on any atom is -0.323 e. The standard InChI is InChI=1S/C11H22NO6PS/c13-19(14,15)11(20(16,17)18)12-10-6-4-8-2-1-3-9(8)5-7-10/h8-12H,1-7H2,(H2,13,14,15)(H,16,17,18). The quantitative estimate of drug-likeness (QED) is 0.453. The van der Waals surface area contributed by atoms with Gasteiger partial charge in [0.25, 0.3) is 10.1 Å². The van der Waals surface area contributed by atoms with Gasteiger partial charge >= 0.3 is 7.60 Å². The van der Waals surface area contributed by atoms with Crippen LogP contribution in [0.15, 0.2) is 0 Å². The lowest BCUT2D eigenvalue weighted by Gasteiger charge is -2.23. The van der Waals surface area contributed by atoms with Crippen LogP contribution >= 0.6 is 7.60 Å². The van der Waals surface area contributed by atoms with Crippen molar-refractivity contribution in [3.05, 3.63) is 0 Å². The normalized spacial score (nSPS) is 33.5. The zero-order valence-electron chi connectivity index (χ0n) is 11.2. The Bertz CT molecular complexity index is 475. The number of hydrogen-bond acceptors (Lipinski definition) is 4. The Hall–Kier alpha value is 0.0200. The van der Waals surface area contributed by atoms with Gasteiger partial charge in [0, 0.05) is 6.04 Å². The first-order valence-corrected chi connectivity index (χ1v) is 10.1. The smallest absolute Gasteiger partial charge is 0.323 e. The molecule has 0 spiro atoms. The molecule has 0 aromatic heterocycles. The molecule has 0 bridgehead atoms. The van der Waals surface area contributed by atoms with Crippen molar-refractivity contribution >= 4 is 17.7 Å². The Labute approximate surface area is 119 Å². The second-order valence-corrected chi connectivity index (χ2v) is 9.47. The van der Waals surface area contributed by atoms with Gasteiger partial charge in [-0.15, -0.1) is 0 Å². The first kappa shape index (κ1) is 16.4. The summed E-state index contributed by atoms with van der Waals surface area (Å²) in [7, 11) is -9.78. The summed E-state index contributed by atoms with van der Waals surface area (Å²) in [6.07, 6.45) is 6.89. The second kappa shape index (κ2) is 6.02. The highest BCUT2D eigenvalue weighted by atomic mass is 32.2. The van der Waals surface area contributed by atoms with Gasteiger partial charge in [-0.05, 0) is 37.5 Å². The van der Waals surface area contributed by atoms with Crippen LogP contribution in [0.2, 0.25) is 0 Å². The molecule has 9 heteroatoms. The van der Waals surface area contributed by atoms with Crippen LogP contribution in [0.3, 0.4) is 0 Å². The van der Waals surface area contributed by atoms with E-state index in [9.17, 15) is 13.0 Å². The first-order chi connectivity index (χ1) is 9.18. The van der Waals surface area contributed by atoms with Gasteiger partial charge < -0.3 is 9.79 Å². The molecule has 0 aliphatic heterocycles. The van der Waals surface area contributed by atoms with E-state index >= 15 is 0 Å². The molecule has 7 nitrogen and oxygen atoms in total. The molecular formula is C11H22NO6PS. The summed E-state index contributed by atoms with van der Waals surface area (Å²) in [6, 6.07) is -0.278. The number of nitrogens with one attached hydrogen (secondary N) is 1. The molecule has 0 amide bonds. The summed E-state index contributed by atoms with van der Waals surface area (Å²) in [5.41, 5.74) is 0. The van der Waals surface area contributed by atoms with E-state index in [4.69, 9.17) is 14.3 Å². The summed E-state index contributed by atoms with van der Waals surface area (Å²) in [6.45, 7) is 0. The molecule has 2 rings (SSSR count). The first-order valence-electron chi connectivity index (χ1n) is 6.95. The molecule has 2 aliphatic rings. The zero-order chi connectivity index (χ0) is 15.0. The van der Waals surface area contributed by atoms with Crippen LogP contribution in [0, 0.1) is 11.8 Å². The molecule has 3 atom stereocenters. The third-order valence-corrected chi connectivity index (χ3v) is 7.64. The number of fused-ring (bicyclic) bond motifs is 1. The van der Waals surface area contributed by atoms with Crippen molar-refractivity contribution in [2.24, 2.45) is 11.8 Å². The van der Waals surface area contributed by atoms with Gasteiger partial charge in [-0.3, -0.25) is 14.4 Å². The molecule has 118 valence electrons. The third-order valence-electron chi connectivity index (χ3n) is 4.55. The van der Waals surface area contributed by atoms with Crippen molar-refractivity contribution in [2.45, 2.75) is 56.1 Å². The highest BCUT2D eigenvalue weighted by molar-refractivity contribution is 7.93. The molecule has 2 aliphatic carbocycles. The molecule has 0 aromatic rings. The molecular weight excluding hydrogens is 305 g/mol. The maximum absolute atomic E-state index is 11.2. The Morgan fingerprint density at radius 3 is 1.90 bits per heavy atom. The van der Waals surface area contributed by atoms with Crippen LogP contribution in [-0.4, -0.2) is 33.9 Å². The van der Waals surface area contributed by atoms with Gasteiger partial charge in [0.2, 0.25) is 5.11 Å². The Balaban J connectivity index is 2.03. The van der Waals surface area contributed by atoms with Gasteiger partial charge in [-0.1, -0.05) is 19.3 Å². The minimum atomic E-state index is -4.95. The van der Waals surface area contributed by atoms with Crippen LogP contribution in [0.1, 0.15) is 44.9 Å². The Kier molecular flexibility index (Phi) is 4.94. The summed E-state index contributed by atoms with van der Waals surface area (Å²) in [5, 5.41) is 0.254. The van der Waals surface area contributed by atoms with Crippen molar-refractivity contribution < 1.29 is 27.3 Å². The zero-order valence-corrected chi connectivity index (χ0v) is 12.9. The van der Waals surface area contributed by atoms with Crippen LogP contribution in [0.4, 0.5) is 0 Å². The largest absolute Gasteiger partial charge is 0.360 e. The molecule has 0 radical (unpaired) electrons. The summed E-state index contributed by atoms with van der Waals surface area (Å²) in [5.74, 6) is 1.31. The van der Waals surface area contributed by atoms with Gasteiger partial charge in [0.15, 0.2) is 0 Å². The molecule has 2 fully saturated rings. The van der Waals surface area contributed by atoms with Crippen LogP contribution in [-0.2, 0) is 14.7 Å². The van der Waals surface area contributed by atoms with E-state index in [1.165, 1.54) is 19.3 Å². The fourth-order valence-corrected chi connectivity index (χ4v) is 5.73. The van der Waals surface area contributed by atoms with E-state index in [1.54, 1.807) is 0 Å². The third kappa shape index (κ3) is 4.02. The predicted octanol–water partition coefficient (Wildman–Crippen LogP) is 1.28. The molecule has 0 aromatic carbocycles. The van der Waals surface area contributed by atoms with Crippen LogP contribution in [0.25, 0.3) is 0 Å². The number of hydrogen-bond donors (Lipinski definition) is 4. The molecule has 0 heterocycles. The van der Waals surface area contributed by atoms with E-state index in [1.807, 2.05) is 0 Å². The lowest BCUT2D eigenvalue weighted by Crippen LogP contribution is -2.42. The maximum atomic E-state index is 11.2. The Morgan fingerprint density at radius 2 is 1.50 bits per heavy atom. The van der Waals surface area contributed by atoms with E-state index in [-0.39, 0.29) is 6.04 Å². The lowest BCUT2D eigenvalue weighted by atomic mass is 9.92. The topological polar surface area (TPSA) is 124 Å². The molecule has 0 saturated heterocycles. The predicted molar refractivity (Wildman–Crippen MR) is 73.6 cm³/mol. The van der Waals surface area contributed by atoms with E-state index in [0.29, 0.717) is 24.7 Å². The number of rotatable bonds is 4. The maximum Gasteiger partial charge on any atom is 0.360 e. The minimum absolute atomic E-state index is 0.278. The highest BCUT2D eigenvalue weighted by Gasteiger charge is 2.42. The van der Waals surface area contributed by atoms with Crippen molar-refractivity contribution in [3.63, 3.8) is 0 Å². The van der Waals surface area contributed by atoms with Crippen molar-refractivity contribution in [3.8, 4) is 0 Å². The van der Waals surface area contributed by atoms with Gasteiger partial charge in [0.1, 0.15) is 0 Å². The molecule has 2 saturated carbocycles. The average molecular weight is 327 g/mol. The van der Waals surface area contributed by atoms with Crippen molar-refractivity contribution in [1.29, 1.82) is 0 Å². The van der Waals surface area contributed by atoms with E-state index < -0.39 is 22.8 Å². The molecule has 4 N–H and O–H groups in total. The molecule has 20 heavy (non-hydrogen) atoms. The Morgan fingerprint density at radius 1 is 1.00 bits per heavy atom. The second-order valence-electron chi connectivity index (χ2n) is 5.93. The van der Waals surface area contributed by atoms with E-state index in [0.717, 1.165) is 12.8 Å². The van der Waals surface area contributed by atoms with Gasteiger partial charge in [-0.25, -0.2) is 0 Å². The highest BCUT2D eigenvalue weighted by Crippen LogP contribution is 2.44. The van der Waals surface area contributed by atoms with Crippen LogP contribution < -0.4 is 5.32 Å². The summed E-state index contributed by atoms with van der Waals surface area (Å²) in [4.78, 5) is 18.2. The van der Waals surface area contributed by atoms with Crippen molar-refractivity contribution in [1.82, 2.24) is 5.32 Å².